The quantitative estimate of drug-likeness (QED) is 0.0214. The van der Waals surface area contributed by atoms with Crippen LogP contribution in [0, 0.1) is 0 Å². The first-order valence-corrected chi connectivity index (χ1v) is 22.7. The standard InChI is InChI=1S/C36H74O2.H4O7P2/c1-3-5-7-9-11-13-15-17-19-21-23-25-27-29-31-33-35-37-38-36-34-32-30-28-26-24-22-20-18-16-14-12-10-8-6-4-2;1-8(2,3)7-9(4,5)6/h3-36H2,1-2H3;(H2,1,2,3)(H2,4,5,6). The summed E-state index contributed by atoms with van der Waals surface area (Å²) in [4.78, 5) is 41.8. The molecular weight excluding hydrogens is 638 g/mol. The highest BCUT2D eigenvalue weighted by molar-refractivity contribution is 7.60. The second-order valence-electron chi connectivity index (χ2n) is 13.3. The van der Waals surface area contributed by atoms with Crippen LogP contribution in [0.2, 0.25) is 0 Å². The minimum atomic E-state index is -5.05. The van der Waals surface area contributed by atoms with Gasteiger partial charge in [0.1, 0.15) is 0 Å². The van der Waals surface area contributed by atoms with Gasteiger partial charge in [0.05, 0.1) is 13.2 Å². The van der Waals surface area contributed by atoms with E-state index in [1.807, 2.05) is 0 Å². The van der Waals surface area contributed by atoms with E-state index >= 15 is 0 Å². The number of rotatable bonds is 37. The molecule has 0 amide bonds. The third-order valence-electron chi connectivity index (χ3n) is 8.46. The summed E-state index contributed by atoms with van der Waals surface area (Å²) in [5, 5.41) is 0. The van der Waals surface area contributed by atoms with Crippen LogP contribution in [-0.2, 0) is 23.2 Å². The summed E-state index contributed by atoms with van der Waals surface area (Å²) in [5.41, 5.74) is 0. The summed E-state index contributed by atoms with van der Waals surface area (Å²) >= 11 is 0. The van der Waals surface area contributed by atoms with Gasteiger partial charge in [0, 0.05) is 0 Å². The SMILES string of the molecule is CCCCCCCCCCCCCCCCCCOOCCCCCCCCCCCCCCCCCC.O=P(O)(O)OP(=O)(O)O. The Morgan fingerprint density at radius 1 is 0.319 bits per heavy atom. The minimum Gasteiger partial charge on any atom is -0.302 e. The molecule has 0 radical (unpaired) electrons. The van der Waals surface area contributed by atoms with Crippen molar-refractivity contribution in [2.24, 2.45) is 0 Å². The second-order valence-corrected chi connectivity index (χ2v) is 15.9. The molecule has 286 valence electrons. The van der Waals surface area contributed by atoms with E-state index in [0.29, 0.717) is 0 Å². The second kappa shape index (κ2) is 39.0. The van der Waals surface area contributed by atoms with Crippen LogP contribution < -0.4 is 0 Å². The van der Waals surface area contributed by atoms with Gasteiger partial charge in [-0.05, 0) is 12.8 Å². The van der Waals surface area contributed by atoms with E-state index in [0.717, 1.165) is 26.1 Å². The van der Waals surface area contributed by atoms with Crippen molar-refractivity contribution in [1.82, 2.24) is 0 Å². The Balaban J connectivity index is 0. The zero-order chi connectivity index (χ0) is 35.2. The molecule has 0 rings (SSSR count). The van der Waals surface area contributed by atoms with Crippen LogP contribution in [0.1, 0.15) is 219 Å². The first kappa shape index (κ1) is 49.3. The summed E-state index contributed by atoms with van der Waals surface area (Å²) in [7, 11) is -10.1. The van der Waals surface area contributed by atoms with Crippen LogP contribution >= 0.6 is 15.6 Å². The molecule has 47 heavy (non-hydrogen) atoms. The predicted octanol–water partition coefficient (Wildman–Crippen LogP) is 12.6. The highest BCUT2D eigenvalue weighted by Crippen LogP contribution is 2.53. The van der Waals surface area contributed by atoms with Crippen LogP contribution in [0.3, 0.4) is 0 Å². The molecule has 11 heteroatoms. The van der Waals surface area contributed by atoms with Crippen LogP contribution in [-0.4, -0.2) is 32.8 Å². The number of unbranched alkanes of at least 4 members (excludes halogenated alkanes) is 30. The van der Waals surface area contributed by atoms with Crippen molar-refractivity contribution in [3.8, 4) is 0 Å². The third kappa shape index (κ3) is 53.2. The molecule has 0 saturated heterocycles. The van der Waals surface area contributed by atoms with Gasteiger partial charge in [0.2, 0.25) is 0 Å². The first-order chi connectivity index (χ1) is 22.6. The van der Waals surface area contributed by atoms with Crippen molar-refractivity contribution >= 4 is 15.6 Å². The maximum absolute atomic E-state index is 9.63. The Hall–Kier alpha value is 0.180. The summed E-state index contributed by atoms with van der Waals surface area (Å²) < 4.78 is 22.2. The summed E-state index contributed by atoms with van der Waals surface area (Å²) in [5.74, 6) is 0. The lowest BCUT2D eigenvalue weighted by atomic mass is 10.0. The highest BCUT2D eigenvalue weighted by Gasteiger charge is 2.27. The van der Waals surface area contributed by atoms with E-state index in [4.69, 9.17) is 29.3 Å². The lowest BCUT2D eigenvalue weighted by molar-refractivity contribution is -0.295. The predicted molar refractivity (Wildman–Crippen MR) is 196 cm³/mol. The van der Waals surface area contributed by atoms with Crippen molar-refractivity contribution in [1.29, 1.82) is 0 Å². The fourth-order valence-corrected chi connectivity index (χ4v) is 6.78. The molecule has 0 bridgehead atoms. The fourth-order valence-electron chi connectivity index (χ4n) is 5.67. The van der Waals surface area contributed by atoms with E-state index in [1.165, 1.54) is 193 Å². The van der Waals surface area contributed by atoms with Crippen LogP contribution in [0.5, 0.6) is 0 Å². The van der Waals surface area contributed by atoms with Crippen molar-refractivity contribution in [2.45, 2.75) is 219 Å². The summed E-state index contributed by atoms with van der Waals surface area (Å²) in [6.45, 7) is 6.15. The Morgan fingerprint density at radius 3 is 0.638 bits per heavy atom. The zero-order valence-electron chi connectivity index (χ0n) is 30.8. The van der Waals surface area contributed by atoms with Gasteiger partial charge in [-0.3, -0.25) is 0 Å². The summed E-state index contributed by atoms with van der Waals surface area (Å²) in [6.07, 6.45) is 45.1. The zero-order valence-corrected chi connectivity index (χ0v) is 32.6. The molecule has 0 spiro atoms. The molecule has 0 aliphatic heterocycles. The average Bonchev–Trinajstić information content (AvgIpc) is 3.00. The Morgan fingerprint density at radius 2 is 0.489 bits per heavy atom. The smallest absolute Gasteiger partial charge is 0.302 e. The maximum Gasteiger partial charge on any atom is 0.478 e. The molecule has 9 nitrogen and oxygen atoms in total. The largest absolute Gasteiger partial charge is 0.478 e. The molecular formula is C36H78O9P2. The van der Waals surface area contributed by atoms with Gasteiger partial charge in [-0.15, -0.1) is 0 Å². The molecule has 0 fully saturated rings. The van der Waals surface area contributed by atoms with Crippen LogP contribution in [0.25, 0.3) is 0 Å². The average molecular weight is 717 g/mol. The van der Waals surface area contributed by atoms with Gasteiger partial charge < -0.3 is 19.6 Å². The van der Waals surface area contributed by atoms with E-state index in [9.17, 15) is 9.13 Å². The minimum absolute atomic E-state index is 0.775. The molecule has 0 aliphatic carbocycles. The fraction of sp³-hybridized carbons (Fsp3) is 1.00. The van der Waals surface area contributed by atoms with Crippen molar-refractivity contribution in [3.05, 3.63) is 0 Å². The van der Waals surface area contributed by atoms with Gasteiger partial charge in [-0.1, -0.05) is 206 Å². The lowest BCUT2D eigenvalue weighted by Gasteiger charge is -2.05. The molecule has 0 heterocycles. The van der Waals surface area contributed by atoms with E-state index < -0.39 is 15.6 Å². The molecule has 0 aromatic heterocycles. The highest BCUT2D eigenvalue weighted by atomic mass is 31.3. The van der Waals surface area contributed by atoms with Gasteiger partial charge in [0.15, 0.2) is 0 Å². The van der Waals surface area contributed by atoms with Crippen molar-refractivity contribution in [3.63, 3.8) is 0 Å². The molecule has 0 aromatic carbocycles. The van der Waals surface area contributed by atoms with Gasteiger partial charge in [-0.2, -0.15) is 4.31 Å². The van der Waals surface area contributed by atoms with Crippen molar-refractivity contribution in [2.75, 3.05) is 13.2 Å². The third-order valence-corrected chi connectivity index (χ3v) is 10.2. The Kier molecular flexibility index (Phi) is 40.9. The number of hydrogen-bond donors (Lipinski definition) is 4. The van der Waals surface area contributed by atoms with Crippen LogP contribution in [0.15, 0.2) is 0 Å². The topological polar surface area (TPSA) is 143 Å². The van der Waals surface area contributed by atoms with Crippen molar-refractivity contribution < 1.29 is 42.8 Å². The summed E-state index contributed by atoms with van der Waals surface area (Å²) in [6, 6.07) is 0. The molecule has 4 N–H and O–H groups in total. The molecule has 0 aromatic rings. The molecule has 0 saturated carbocycles. The molecule has 0 atom stereocenters. The van der Waals surface area contributed by atoms with E-state index in [2.05, 4.69) is 18.2 Å². The van der Waals surface area contributed by atoms with Gasteiger partial charge >= 0.3 is 15.6 Å². The number of phosphoric acid groups is 2. The normalized spacial score (nSPS) is 12.0. The van der Waals surface area contributed by atoms with Gasteiger partial charge in [-0.25, -0.2) is 18.9 Å². The molecule has 0 unspecified atom stereocenters. The monoisotopic (exact) mass is 717 g/mol. The van der Waals surface area contributed by atoms with E-state index in [-0.39, 0.29) is 0 Å². The first-order valence-electron chi connectivity index (χ1n) is 19.7. The Labute approximate surface area is 290 Å². The van der Waals surface area contributed by atoms with Crippen LogP contribution in [0.4, 0.5) is 0 Å². The molecule has 0 aliphatic rings. The lowest BCUT2D eigenvalue weighted by Crippen LogP contribution is -1.99. The number of hydrogen-bond acceptors (Lipinski definition) is 5. The van der Waals surface area contributed by atoms with E-state index in [1.54, 1.807) is 0 Å². The maximum atomic E-state index is 9.63. The Bertz CT molecular complexity index is 629. The van der Waals surface area contributed by atoms with Gasteiger partial charge in [0.25, 0.3) is 0 Å².